The number of rotatable bonds is 9. The number of benzene rings is 2. The molecular formula is C28H34F4N4O. The molecule has 0 bridgehead atoms. The maximum Gasteiger partial charge on any atom is 0.143 e. The number of anilines is 1. The minimum atomic E-state index is -1.94. The van der Waals surface area contributed by atoms with E-state index in [0.29, 0.717) is 44.0 Å². The van der Waals surface area contributed by atoms with Crippen LogP contribution in [0.15, 0.2) is 36.4 Å². The Kier molecular flexibility index (Phi) is 7.22. The normalized spacial score (nSPS) is 22.6. The molecule has 5 rings (SSSR count). The number of aliphatic hydroxyl groups is 1. The van der Waals surface area contributed by atoms with Crippen molar-refractivity contribution in [3.63, 3.8) is 0 Å². The van der Waals surface area contributed by atoms with Gasteiger partial charge in [-0.15, -0.1) is 0 Å². The molecule has 3 heterocycles. The number of nitrogens with zero attached hydrogens (tertiary/aromatic N) is 2. The van der Waals surface area contributed by atoms with E-state index in [4.69, 9.17) is 0 Å². The van der Waals surface area contributed by atoms with Crippen LogP contribution >= 0.6 is 0 Å². The minimum absolute atomic E-state index is 0.0848. The van der Waals surface area contributed by atoms with E-state index in [-0.39, 0.29) is 30.7 Å². The van der Waals surface area contributed by atoms with E-state index in [2.05, 4.69) is 15.2 Å². The van der Waals surface area contributed by atoms with Gasteiger partial charge in [0.15, 0.2) is 0 Å². The molecule has 1 saturated heterocycles. The molecule has 1 fully saturated rings. The van der Waals surface area contributed by atoms with Gasteiger partial charge in [-0.1, -0.05) is 18.2 Å². The fourth-order valence-electron chi connectivity index (χ4n) is 5.76. The highest BCUT2D eigenvalue weighted by molar-refractivity contribution is 5.85. The van der Waals surface area contributed by atoms with Crippen LogP contribution in [-0.4, -0.2) is 77.6 Å². The Morgan fingerprint density at radius 1 is 1.16 bits per heavy atom. The van der Waals surface area contributed by atoms with E-state index in [0.717, 1.165) is 16.5 Å². The molecule has 0 saturated carbocycles. The first-order valence-corrected chi connectivity index (χ1v) is 12.9. The van der Waals surface area contributed by atoms with Crippen LogP contribution in [0.3, 0.4) is 0 Å². The largest absolute Gasteiger partial charge is 0.393 e. The fourth-order valence-corrected chi connectivity index (χ4v) is 5.76. The van der Waals surface area contributed by atoms with Crippen molar-refractivity contribution in [1.29, 1.82) is 0 Å². The summed E-state index contributed by atoms with van der Waals surface area (Å²) in [5.41, 5.74) is 0.703. The average Bonchev–Trinajstić information content (AvgIpc) is 3.20. The molecule has 3 atom stereocenters. The number of likely N-dealkylation sites (tertiary alicyclic amines) is 1. The number of aromatic amines is 1. The van der Waals surface area contributed by atoms with Gasteiger partial charge >= 0.3 is 0 Å². The van der Waals surface area contributed by atoms with Crippen molar-refractivity contribution in [2.75, 3.05) is 51.3 Å². The number of fused-ring (bicyclic) bond motifs is 3. The third-order valence-electron chi connectivity index (χ3n) is 7.72. The highest BCUT2D eigenvalue weighted by atomic mass is 19.1. The van der Waals surface area contributed by atoms with Gasteiger partial charge in [0.25, 0.3) is 0 Å². The number of halogens is 4. The molecule has 200 valence electrons. The summed E-state index contributed by atoms with van der Waals surface area (Å²) >= 11 is 0. The Bertz CT molecular complexity index is 1230. The van der Waals surface area contributed by atoms with Gasteiger partial charge in [0.05, 0.1) is 19.3 Å². The zero-order valence-electron chi connectivity index (χ0n) is 21.2. The van der Waals surface area contributed by atoms with Crippen LogP contribution in [0.25, 0.3) is 10.9 Å². The van der Waals surface area contributed by atoms with Gasteiger partial charge in [0.2, 0.25) is 0 Å². The number of aliphatic hydroxyl groups excluding tert-OH is 1. The van der Waals surface area contributed by atoms with E-state index in [1.54, 1.807) is 4.90 Å². The van der Waals surface area contributed by atoms with Crippen LogP contribution in [0, 0.1) is 17.6 Å². The van der Waals surface area contributed by atoms with Crippen molar-refractivity contribution in [2.45, 2.75) is 38.0 Å². The van der Waals surface area contributed by atoms with E-state index in [1.165, 1.54) is 19.1 Å². The maximum absolute atomic E-state index is 15.7. The van der Waals surface area contributed by atoms with Crippen LogP contribution in [0.4, 0.5) is 23.2 Å². The summed E-state index contributed by atoms with van der Waals surface area (Å²) in [4.78, 5) is 7.18. The summed E-state index contributed by atoms with van der Waals surface area (Å²) in [6.07, 6.45) is 0.583. The summed E-state index contributed by atoms with van der Waals surface area (Å²) in [6.45, 7) is 4.55. The molecule has 9 heteroatoms. The van der Waals surface area contributed by atoms with Crippen molar-refractivity contribution in [3.05, 3.63) is 64.9 Å². The first-order valence-electron chi connectivity index (χ1n) is 12.9. The van der Waals surface area contributed by atoms with Crippen molar-refractivity contribution < 1.29 is 22.7 Å². The van der Waals surface area contributed by atoms with Gasteiger partial charge in [-0.2, -0.15) is 0 Å². The van der Waals surface area contributed by atoms with E-state index < -0.39 is 30.0 Å². The van der Waals surface area contributed by atoms with Gasteiger partial charge in [0, 0.05) is 72.5 Å². The van der Waals surface area contributed by atoms with Gasteiger partial charge in [0.1, 0.15) is 17.3 Å². The fraction of sp³-hybridized carbons (Fsp3) is 0.500. The van der Waals surface area contributed by atoms with Crippen LogP contribution < -0.4 is 5.32 Å². The van der Waals surface area contributed by atoms with E-state index in [1.807, 2.05) is 31.2 Å². The molecule has 2 aliphatic heterocycles. The summed E-state index contributed by atoms with van der Waals surface area (Å²) in [5, 5.41) is 13.7. The average molecular weight is 519 g/mol. The van der Waals surface area contributed by atoms with E-state index >= 15 is 13.2 Å². The standard InChI is InChI=1S/C28H34F4N4O/c1-17-9-21-20-5-3-4-6-24(20)34-26(21)27(36(17)15-28(2,32)16-37)25-22(30)10-19(11-23(25)31)33-7-8-35-13-18(12-29)14-35/h3-6,10-11,17-18,27,33-34,37H,7-9,12-16H2,1-2H3/t17-,27-,28+/m1/s1. The zero-order valence-corrected chi connectivity index (χ0v) is 21.2. The molecular weight excluding hydrogens is 484 g/mol. The van der Waals surface area contributed by atoms with Gasteiger partial charge in [-0.3, -0.25) is 9.29 Å². The van der Waals surface area contributed by atoms with Crippen molar-refractivity contribution >= 4 is 16.6 Å². The van der Waals surface area contributed by atoms with Crippen molar-refractivity contribution in [1.82, 2.24) is 14.8 Å². The third-order valence-corrected chi connectivity index (χ3v) is 7.72. The Morgan fingerprint density at radius 2 is 1.86 bits per heavy atom. The van der Waals surface area contributed by atoms with Crippen molar-refractivity contribution in [2.24, 2.45) is 5.92 Å². The van der Waals surface area contributed by atoms with Crippen LogP contribution in [0.1, 0.15) is 36.7 Å². The summed E-state index contributed by atoms with van der Waals surface area (Å²) in [6, 6.07) is 9.15. The van der Waals surface area contributed by atoms with Gasteiger partial charge in [-0.05, 0) is 44.0 Å². The molecule has 0 unspecified atom stereocenters. The second-order valence-electron chi connectivity index (χ2n) is 10.8. The number of H-pyrrole nitrogens is 1. The molecule has 0 radical (unpaired) electrons. The predicted molar refractivity (Wildman–Crippen MR) is 137 cm³/mol. The molecule has 3 aromatic rings. The monoisotopic (exact) mass is 518 g/mol. The Hall–Kier alpha value is -2.62. The SMILES string of the molecule is C[C@@H]1Cc2c([nH]c3ccccc23)[C@@H](c2c(F)cc(NCCN3CC(CF)C3)cc2F)N1C[C@](C)(F)CO. The lowest BCUT2D eigenvalue weighted by molar-refractivity contribution is 0.0162. The number of aromatic nitrogens is 1. The van der Waals surface area contributed by atoms with Gasteiger partial charge in [-0.25, -0.2) is 13.2 Å². The highest BCUT2D eigenvalue weighted by Gasteiger charge is 2.42. The van der Waals surface area contributed by atoms with Crippen LogP contribution in [-0.2, 0) is 6.42 Å². The number of nitrogens with one attached hydrogen (secondary N) is 2. The third kappa shape index (κ3) is 5.09. The Balaban J connectivity index is 1.47. The lowest BCUT2D eigenvalue weighted by Crippen LogP contribution is -2.50. The minimum Gasteiger partial charge on any atom is -0.393 e. The summed E-state index contributed by atoms with van der Waals surface area (Å²) < 4.78 is 59.1. The number of alkyl halides is 2. The predicted octanol–water partition coefficient (Wildman–Crippen LogP) is 4.82. The number of para-hydroxylation sites is 1. The molecule has 0 aliphatic carbocycles. The first kappa shape index (κ1) is 26.0. The second kappa shape index (κ2) is 10.3. The van der Waals surface area contributed by atoms with Gasteiger partial charge < -0.3 is 20.3 Å². The molecule has 1 aromatic heterocycles. The molecule has 0 spiro atoms. The second-order valence-corrected chi connectivity index (χ2v) is 10.8. The highest BCUT2D eigenvalue weighted by Crippen LogP contribution is 2.43. The quantitative estimate of drug-likeness (QED) is 0.356. The summed E-state index contributed by atoms with van der Waals surface area (Å²) in [5.74, 6) is -1.36. The molecule has 3 N–H and O–H groups in total. The first-order chi connectivity index (χ1) is 17.7. The van der Waals surface area contributed by atoms with E-state index in [9.17, 15) is 9.50 Å². The number of hydrogen-bond acceptors (Lipinski definition) is 4. The molecule has 2 aliphatic rings. The van der Waals surface area contributed by atoms with Crippen molar-refractivity contribution in [3.8, 4) is 0 Å². The Labute approximate surface area is 214 Å². The van der Waals surface area contributed by atoms with Crippen LogP contribution in [0.2, 0.25) is 0 Å². The lowest BCUT2D eigenvalue weighted by Gasteiger charge is -2.43. The zero-order chi connectivity index (χ0) is 26.3. The molecule has 5 nitrogen and oxygen atoms in total. The topological polar surface area (TPSA) is 54.5 Å². The lowest BCUT2D eigenvalue weighted by atomic mass is 9.87. The maximum atomic E-state index is 15.7. The molecule has 2 aromatic carbocycles. The Morgan fingerprint density at radius 3 is 2.54 bits per heavy atom. The number of hydrogen-bond donors (Lipinski definition) is 3. The molecule has 0 amide bonds. The smallest absolute Gasteiger partial charge is 0.143 e. The molecule has 37 heavy (non-hydrogen) atoms. The summed E-state index contributed by atoms with van der Waals surface area (Å²) in [7, 11) is 0. The van der Waals surface area contributed by atoms with Crippen LogP contribution in [0.5, 0.6) is 0 Å².